The Hall–Kier alpha value is -2.81. The molecular formula is C82H150NO8P. The van der Waals surface area contributed by atoms with Crippen LogP contribution in [-0.2, 0) is 32.7 Å². The molecule has 0 aromatic rings. The van der Waals surface area contributed by atoms with E-state index >= 15 is 0 Å². The van der Waals surface area contributed by atoms with Gasteiger partial charge in [0.2, 0.25) is 0 Å². The molecule has 0 aliphatic carbocycles. The molecule has 0 heterocycles. The number of quaternary nitrogens is 1. The lowest BCUT2D eigenvalue weighted by Gasteiger charge is -2.28. The summed E-state index contributed by atoms with van der Waals surface area (Å²) in [7, 11) is 1.18. The first-order valence-electron chi connectivity index (χ1n) is 39.3. The van der Waals surface area contributed by atoms with E-state index in [0.717, 1.165) is 70.6 Å². The smallest absolute Gasteiger partial charge is 0.306 e. The van der Waals surface area contributed by atoms with Crippen molar-refractivity contribution in [2.45, 2.75) is 380 Å². The van der Waals surface area contributed by atoms with E-state index in [1.807, 2.05) is 21.1 Å². The van der Waals surface area contributed by atoms with E-state index < -0.39 is 26.5 Å². The summed E-state index contributed by atoms with van der Waals surface area (Å²) in [6.07, 6.45) is 99.9. The van der Waals surface area contributed by atoms with Crippen molar-refractivity contribution in [1.82, 2.24) is 0 Å². The second kappa shape index (κ2) is 72.5. The number of hydrogen-bond acceptors (Lipinski definition) is 8. The maximum absolute atomic E-state index is 12.9. The van der Waals surface area contributed by atoms with Crippen LogP contribution >= 0.6 is 7.82 Å². The van der Waals surface area contributed by atoms with Crippen LogP contribution in [0.15, 0.2) is 85.1 Å². The quantitative estimate of drug-likeness (QED) is 0.0195. The molecule has 0 bridgehead atoms. The monoisotopic (exact) mass is 1310 g/mol. The number of phosphoric ester groups is 1. The van der Waals surface area contributed by atoms with Crippen molar-refractivity contribution < 1.29 is 42.1 Å². The summed E-state index contributed by atoms with van der Waals surface area (Å²) in [4.78, 5) is 38.2. The maximum atomic E-state index is 12.9. The van der Waals surface area contributed by atoms with E-state index in [2.05, 4.69) is 98.9 Å². The highest BCUT2D eigenvalue weighted by Crippen LogP contribution is 2.38. The van der Waals surface area contributed by atoms with Crippen LogP contribution < -0.4 is 4.89 Å². The molecule has 92 heavy (non-hydrogen) atoms. The molecule has 0 aromatic heterocycles. The number of unbranched alkanes of at least 4 members (excludes halogenated alkanes) is 45. The molecule has 10 heteroatoms. The van der Waals surface area contributed by atoms with Crippen molar-refractivity contribution in [3.8, 4) is 0 Å². The topological polar surface area (TPSA) is 111 Å². The fourth-order valence-electron chi connectivity index (χ4n) is 11.4. The number of ether oxygens (including phenoxy) is 2. The maximum Gasteiger partial charge on any atom is 0.306 e. The standard InChI is InChI=1S/C82H150NO8P/c1-6-8-10-12-14-16-18-20-22-24-26-28-30-32-34-35-36-37-38-39-40-41-42-43-44-45-46-47-49-51-53-55-57-59-61-63-65-67-69-71-73-75-82(85)91-80(79-90-92(86,87)89-77-76-83(3,4)5)78-88-81(84)74-72-70-68-66-64-62-60-58-56-54-52-50-48-33-31-29-27-25-23-21-19-17-15-13-11-9-7-2/h8,10,14,16,19-22,25-28,32,34,80H,6-7,9,11-13,15,17-18,23-24,29-31,33,35-79H2,1-5H3/b10-8-,16-14-,21-19-,22-20-,27-25-,28-26-,34-32-. The lowest BCUT2D eigenvalue weighted by molar-refractivity contribution is -0.870. The van der Waals surface area contributed by atoms with Crippen molar-refractivity contribution in [3.05, 3.63) is 85.1 Å². The summed E-state index contributed by atoms with van der Waals surface area (Å²) in [6, 6.07) is 0. The normalized spacial score (nSPS) is 13.5. The van der Waals surface area contributed by atoms with Gasteiger partial charge in [0.25, 0.3) is 7.82 Å². The van der Waals surface area contributed by atoms with Gasteiger partial charge < -0.3 is 27.9 Å². The fraction of sp³-hybridized carbons (Fsp3) is 0.805. The zero-order valence-corrected chi connectivity index (χ0v) is 62.1. The number of phosphoric acid groups is 1. The molecule has 0 spiro atoms. The zero-order chi connectivity index (χ0) is 66.9. The first-order valence-corrected chi connectivity index (χ1v) is 40.8. The highest BCUT2D eigenvalue weighted by atomic mass is 31.2. The van der Waals surface area contributed by atoms with Gasteiger partial charge >= 0.3 is 11.9 Å². The first kappa shape index (κ1) is 89.2. The molecule has 2 atom stereocenters. The summed E-state index contributed by atoms with van der Waals surface area (Å²) in [5.41, 5.74) is 0. The highest BCUT2D eigenvalue weighted by molar-refractivity contribution is 7.45. The number of esters is 2. The van der Waals surface area contributed by atoms with E-state index in [-0.39, 0.29) is 32.0 Å². The van der Waals surface area contributed by atoms with Gasteiger partial charge in [-0.3, -0.25) is 14.2 Å². The Morgan fingerprint density at radius 2 is 0.620 bits per heavy atom. The first-order chi connectivity index (χ1) is 45.0. The van der Waals surface area contributed by atoms with Gasteiger partial charge in [0.1, 0.15) is 19.8 Å². The van der Waals surface area contributed by atoms with E-state index in [9.17, 15) is 19.0 Å². The van der Waals surface area contributed by atoms with Gasteiger partial charge in [0.05, 0.1) is 27.7 Å². The minimum Gasteiger partial charge on any atom is -0.756 e. The third-order valence-electron chi connectivity index (χ3n) is 17.4. The summed E-state index contributed by atoms with van der Waals surface area (Å²) >= 11 is 0. The molecule has 0 amide bonds. The summed E-state index contributed by atoms with van der Waals surface area (Å²) in [6.45, 7) is 4.17. The van der Waals surface area contributed by atoms with Gasteiger partial charge in [-0.15, -0.1) is 0 Å². The molecule has 0 saturated carbocycles. The minimum absolute atomic E-state index is 0.0299. The van der Waals surface area contributed by atoms with E-state index in [1.165, 1.54) is 270 Å². The van der Waals surface area contributed by atoms with Gasteiger partial charge in [0, 0.05) is 12.8 Å². The molecule has 0 saturated heterocycles. The van der Waals surface area contributed by atoms with Crippen molar-refractivity contribution in [3.63, 3.8) is 0 Å². The number of hydrogen-bond donors (Lipinski definition) is 0. The summed E-state index contributed by atoms with van der Waals surface area (Å²) in [5, 5.41) is 0. The van der Waals surface area contributed by atoms with Crippen molar-refractivity contribution in [2.24, 2.45) is 0 Å². The van der Waals surface area contributed by atoms with Crippen LogP contribution in [0.2, 0.25) is 0 Å². The highest BCUT2D eigenvalue weighted by Gasteiger charge is 2.22. The molecule has 2 unspecified atom stereocenters. The number of carbonyl (C=O) groups is 2. The van der Waals surface area contributed by atoms with Crippen LogP contribution in [0, 0.1) is 0 Å². The number of likely N-dealkylation sites (N-methyl/N-ethyl adjacent to an activating group) is 1. The van der Waals surface area contributed by atoms with Crippen LogP contribution in [0.3, 0.4) is 0 Å². The number of nitrogens with zero attached hydrogens (tertiary/aromatic N) is 1. The molecular weight excluding hydrogens is 1160 g/mol. The number of allylic oxidation sites excluding steroid dienone is 14. The molecule has 0 radical (unpaired) electrons. The summed E-state index contributed by atoms with van der Waals surface area (Å²) in [5.74, 6) is -0.815. The fourth-order valence-corrected chi connectivity index (χ4v) is 12.2. The Morgan fingerprint density at radius 3 is 0.924 bits per heavy atom. The second-order valence-electron chi connectivity index (χ2n) is 27.7. The van der Waals surface area contributed by atoms with Crippen molar-refractivity contribution in [2.75, 3.05) is 47.5 Å². The van der Waals surface area contributed by atoms with Crippen molar-refractivity contribution in [1.29, 1.82) is 0 Å². The van der Waals surface area contributed by atoms with Crippen LogP contribution in [0.5, 0.6) is 0 Å². The Balaban J connectivity index is 3.91. The molecule has 0 aliphatic rings. The molecule has 0 fully saturated rings. The Kier molecular flexibility index (Phi) is 70.2. The van der Waals surface area contributed by atoms with E-state index in [1.54, 1.807) is 0 Å². The number of rotatable bonds is 73. The molecule has 0 N–H and O–H groups in total. The van der Waals surface area contributed by atoms with Gasteiger partial charge in [-0.25, -0.2) is 0 Å². The number of carbonyl (C=O) groups excluding carboxylic acids is 2. The predicted molar refractivity (Wildman–Crippen MR) is 397 cm³/mol. The van der Waals surface area contributed by atoms with E-state index in [4.69, 9.17) is 18.5 Å². The average Bonchev–Trinajstić information content (AvgIpc) is 2.23. The molecule has 0 aromatic carbocycles. The molecule has 0 rings (SSSR count). The largest absolute Gasteiger partial charge is 0.756 e. The molecule has 9 nitrogen and oxygen atoms in total. The second-order valence-corrected chi connectivity index (χ2v) is 29.1. The molecule has 536 valence electrons. The van der Waals surface area contributed by atoms with Gasteiger partial charge in [-0.2, -0.15) is 0 Å². The summed E-state index contributed by atoms with van der Waals surface area (Å²) < 4.78 is 34.4. The Bertz CT molecular complexity index is 1830. The van der Waals surface area contributed by atoms with Crippen LogP contribution in [0.25, 0.3) is 0 Å². The lowest BCUT2D eigenvalue weighted by atomic mass is 10.0. The lowest BCUT2D eigenvalue weighted by Crippen LogP contribution is -2.37. The SMILES string of the molecule is CC/C=C\C/C=C\C/C=C\C/C=C\C/C=C\CCCCCCCCCCCCCCCCCCCCCCCCCCCC(=O)OC(COC(=O)CCCCCCCCCCCCCCCCC/C=C\C/C=C\CCCCCCC)COP(=O)([O-])OCC[N+](C)(C)C. The van der Waals surface area contributed by atoms with Gasteiger partial charge in [-0.1, -0.05) is 356 Å². The Morgan fingerprint density at radius 1 is 0.348 bits per heavy atom. The predicted octanol–water partition coefficient (Wildman–Crippen LogP) is 25.4. The van der Waals surface area contributed by atoms with Gasteiger partial charge in [-0.05, 0) is 89.9 Å². The average molecular weight is 1310 g/mol. The Labute approximate surface area is 571 Å². The molecule has 0 aliphatic heterocycles. The minimum atomic E-state index is -4.64. The van der Waals surface area contributed by atoms with Crippen LogP contribution in [0.4, 0.5) is 0 Å². The van der Waals surface area contributed by atoms with Crippen LogP contribution in [-0.4, -0.2) is 70.0 Å². The van der Waals surface area contributed by atoms with Crippen molar-refractivity contribution >= 4 is 19.8 Å². The van der Waals surface area contributed by atoms with E-state index in [0.29, 0.717) is 17.4 Å². The third-order valence-corrected chi connectivity index (χ3v) is 18.4. The van der Waals surface area contributed by atoms with Crippen LogP contribution in [0.1, 0.15) is 373 Å². The zero-order valence-electron chi connectivity index (χ0n) is 61.2. The third kappa shape index (κ3) is 76.2. The van der Waals surface area contributed by atoms with Gasteiger partial charge in [0.15, 0.2) is 6.10 Å².